The Hall–Kier alpha value is -1.52. The van der Waals surface area contributed by atoms with E-state index in [-0.39, 0.29) is 0 Å². The molecule has 3 aromatic rings. The number of benzene rings is 1. The number of fused-ring (bicyclic) bond motifs is 1. The second kappa shape index (κ2) is 4.00. The molecular weight excluding hydrogens is 266 g/mol. The van der Waals surface area contributed by atoms with Gasteiger partial charge in [0.1, 0.15) is 0 Å². The molecule has 0 bridgehead atoms. The predicted octanol–water partition coefficient (Wildman–Crippen LogP) is 3.85. The van der Waals surface area contributed by atoms with Crippen LogP contribution in [0.3, 0.4) is 0 Å². The van der Waals surface area contributed by atoms with Crippen LogP contribution in [0.5, 0.6) is 0 Å². The van der Waals surface area contributed by atoms with E-state index in [1.165, 1.54) is 0 Å². The van der Waals surface area contributed by atoms with Crippen LogP contribution in [-0.2, 0) is 7.05 Å². The topological polar surface area (TPSA) is 43.8 Å². The maximum absolute atomic E-state index is 6.22. The number of halogens is 1. The molecule has 0 atom stereocenters. The summed E-state index contributed by atoms with van der Waals surface area (Å²) in [5.74, 6) is 0.869. The second-order valence-electron chi connectivity index (χ2n) is 4.26. The molecule has 2 N–H and O–H groups in total. The van der Waals surface area contributed by atoms with Gasteiger partial charge in [-0.05, 0) is 30.0 Å². The van der Waals surface area contributed by atoms with E-state index in [9.17, 15) is 0 Å². The van der Waals surface area contributed by atoms with Crippen LogP contribution in [0.1, 0.15) is 5.56 Å². The Morgan fingerprint density at radius 2 is 2.17 bits per heavy atom. The van der Waals surface area contributed by atoms with E-state index in [4.69, 9.17) is 17.3 Å². The normalized spacial score (nSPS) is 11.3. The van der Waals surface area contributed by atoms with Gasteiger partial charge in [-0.3, -0.25) is 0 Å². The van der Waals surface area contributed by atoms with Gasteiger partial charge in [0.15, 0.2) is 5.82 Å². The summed E-state index contributed by atoms with van der Waals surface area (Å²) in [6.45, 7) is 2.00. The molecule has 5 heteroatoms. The van der Waals surface area contributed by atoms with Gasteiger partial charge in [-0.1, -0.05) is 17.7 Å². The lowest BCUT2D eigenvalue weighted by atomic mass is 10.3. The van der Waals surface area contributed by atoms with E-state index in [1.54, 1.807) is 11.3 Å². The van der Waals surface area contributed by atoms with Crippen molar-refractivity contribution in [3.8, 4) is 10.7 Å². The first kappa shape index (κ1) is 11.6. The first-order chi connectivity index (χ1) is 8.59. The minimum Gasteiger partial charge on any atom is -0.397 e. The summed E-state index contributed by atoms with van der Waals surface area (Å²) in [5, 5.41) is 2.76. The number of rotatable bonds is 1. The van der Waals surface area contributed by atoms with Gasteiger partial charge in [0, 0.05) is 7.05 Å². The van der Waals surface area contributed by atoms with Crippen LogP contribution in [0.4, 0.5) is 5.69 Å². The van der Waals surface area contributed by atoms with Gasteiger partial charge in [-0.2, -0.15) is 0 Å². The van der Waals surface area contributed by atoms with Gasteiger partial charge in [0.05, 0.1) is 26.6 Å². The number of aryl methyl sites for hydroxylation is 2. The van der Waals surface area contributed by atoms with Gasteiger partial charge in [-0.25, -0.2) is 4.98 Å². The van der Waals surface area contributed by atoms with Crippen molar-refractivity contribution < 1.29 is 0 Å². The lowest BCUT2D eigenvalue weighted by Crippen LogP contribution is -1.94. The fourth-order valence-corrected chi connectivity index (χ4v) is 3.34. The third-order valence-corrected chi connectivity index (χ3v) is 4.49. The van der Waals surface area contributed by atoms with Crippen molar-refractivity contribution >= 4 is 39.7 Å². The highest BCUT2D eigenvalue weighted by Crippen LogP contribution is 2.36. The first-order valence-corrected chi connectivity index (χ1v) is 6.80. The molecule has 0 saturated heterocycles. The molecule has 1 aromatic carbocycles. The maximum atomic E-state index is 6.22. The quantitative estimate of drug-likeness (QED) is 0.734. The molecule has 2 heterocycles. The highest BCUT2D eigenvalue weighted by Gasteiger charge is 2.16. The minimum atomic E-state index is 0.709. The Labute approximate surface area is 114 Å². The summed E-state index contributed by atoms with van der Waals surface area (Å²) < 4.78 is 2.00. The van der Waals surface area contributed by atoms with Crippen LogP contribution >= 0.6 is 22.9 Å². The molecule has 0 aliphatic rings. The van der Waals surface area contributed by atoms with Crippen molar-refractivity contribution in [2.45, 2.75) is 6.92 Å². The molecule has 0 radical (unpaired) electrons. The Morgan fingerprint density at radius 3 is 2.78 bits per heavy atom. The molecular formula is C13H12ClN3S. The van der Waals surface area contributed by atoms with Crippen LogP contribution in [0.2, 0.25) is 5.02 Å². The largest absolute Gasteiger partial charge is 0.397 e. The summed E-state index contributed by atoms with van der Waals surface area (Å²) in [4.78, 5) is 5.63. The highest BCUT2D eigenvalue weighted by molar-refractivity contribution is 7.14. The summed E-state index contributed by atoms with van der Waals surface area (Å²) in [6.07, 6.45) is 0. The summed E-state index contributed by atoms with van der Waals surface area (Å²) >= 11 is 7.83. The monoisotopic (exact) mass is 277 g/mol. The van der Waals surface area contributed by atoms with Crippen LogP contribution in [0.15, 0.2) is 23.6 Å². The Kier molecular flexibility index (Phi) is 2.57. The van der Waals surface area contributed by atoms with Gasteiger partial charge in [0.25, 0.3) is 0 Å². The smallest absolute Gasteiger partial charge is 0.153 e. The Balaban J connectivity index is 2.34. The van der Waals surface area contributed by atoms with Crippen molar-refractivity contribution in [2.24, 2.45) is 7.05 Å². The van der Waals surface area contributed by atoms with Gasteiger partial charge in [-0.15, -0.1) is 11.3 Å². The van der Waals surface area contributed by atoms with E-state index in [0.717, 1.165) is 33.0 Å². The molecule has 0 spiro atoms. The van der Waals surface area contributed by atoms with Crippen LogP contribution in [0, 0.1) is 6.92 Å². The zero-order chi connectivity index (χ0) is 12.9. The number of para-hydroxylation sites is 1. The number of imidazole rings is 1. The van der Waals surface area contributed by atoms with Crippen LogP contribution in [-0.4, -0.2) is 9.55 Å². The fourth-order valence-electron chi connectivity index (χ4n) is 2.05. The average molecular weight is 278 g/mol. The second-order valence-corrected chi connectivity index (χ2v) is 5.55. The van der Waals surface area contributed by atoms with Crippen LogP contribution < -0.4 is 5.73 Å². The molecule has 0 amide bonds. The third kappa shape index (κ3) is 1.53. The molecule has 0 aliphatic heterocycles. The molecule has 0 aliphatic carbocycles. The van der Waals surface area contributed by atoms with E-state index in [1.807, 2.05) is 42.1 Å². The van der Waals surface area contributed by atoms with Crippen molar-refractivity contribution in [3.63, 3.8) is 0 Å². The number of thiophene rings is 1. The van der Waals surface area contributed by atoms with E-state index in [2.05, 4.69) is 4.98 Å². The minimum absolute atomic E-state index is 0.709. The van der Waals surface area contributed by atoms with Crippen molar-refractivity contribution in [2.75, 3.05) is 5.73 Å². The average Bonchev–Trinajstić information content (AvgIpc) is 2.83. The number of hydrogen-bond donors (Lipinski definition) is 1. The molecule has 0 saturated carbocycles. The van der Waals surface area contributed by atoms with Crippen molar-refractivity contribution in [1.82, 2.24) is 9.55 Å². The summed E-state index contributed by atoms with van der Waals surface area (Å²) in [7, 11) is 1.96. The van der Waals surface area contributed by atoms with E-state index >= 15 is 0 Å². The van der Waals surface area contributed by atoms with Gasteiger partial charge < -0.3 is 10.3 Å². The summed E-state index contributed by atoms with van der Waals surface area (Å²) in [5.41, 5.74) is 9.82. The van der Waals surface area contributed by atoms with Crippen molar-refractivity contribution in [3.05, 3.63) is 34.2 Å². The molecule has 3 rings (SSSR count). The maximum Gasteiger partial charge on any atom is 0.153 e. The van der Waals surface area contributed by atoms with E-state index < -0.39 is 0 Å². The molecule has 0 unspecified atom stereocenters. The lowest BCUT2D eigenvalue weighted by Gasteiger charge is -2.02. The SMILES string of the molecule is Cc1csc(-c2nc3cccc(Cl)c3n2C)c1N. The number of aromatic nitrogens is 2. The number of nitrogens with two attached hydrogens (primary N) is 1. The molecule has 0 fully saturated rings. The molecule has 18 heavy (non-hydrogen) atoms. The van der Waals surface area contributed by atoms with Gasteiger partial charge in [0.2, 0.25) is 0 Å². The number of anilines is 1. The van der Waals surface area contributed by atoms with Crippen molar-refractivity contribution in [1.29, 1.82) is 0 Å². The predicted molar refractivity (Wildman–Crippen MR) is 78.2 cm³/mol. The zero-order valence-corrected chi connectivity index (χ0v) is 11.6. The van der Waals surface area contributed by atoms with Crippen LogP contribution in [0.25, 0.3) is 21.7 Å². The summed E-state index contributed by atoms with van der Waals surface area (Å²) in [6, 6.07) is 5.74. The Bertz CT molecular complexity index is 742. The third-order valence-electron chi connectivity index (χ3n) is 3.07. The standard InChI is InChI=1S/C13H12ClN3S/c1-7-6-18-12(10(7)15)13-16-9-5-3-4-8(14)11(9)17(13)2/h3-6H,15H2,1-2H3. The molecule has 2 aromatic heterocycles. The fraction of sp³-hybridized carbons (Fsp3) is 0.154. The Morgan fingerprint density at radius 1 is 1.39 bits per heavy atom. The molecule has 3 nitrogen and oxygen atoms in total. The molecule has 92 valence electrons. The van der Waals surface area contributed by atoms with Gasteiger partial charge >= 0.3 is 0 Å². The number of nitrogen functional groups attached to an aromatic ring is 1. The number of nitrogens with zero attached hydrogens (tertiary/aromatic N) is 2. The van der Waals surface area contributed by atoms with E-state index in [0.29, 0.717) is 5.02 Å². The number of hydrogen-bond acceptors (Lipinski definition) is 3. The zero-order valence-electron chi connectivity index (χ0n) is 10.1. The first-order valence-electron chi connectivity index (χ1n) is 5.54. The highest BCUT2D eigenvalue weighted by atomic mass is 35.5. The lowest BCUT2D eigenvalue weighted by molar-refractivity contribution is 0.963.